The highest BCUT2D eigenvalue weighted by atomic mass is 19.1. The minimum Gasteiger partial charge on any atom is -0.346 e. The Balaban J connectivity index is 1.68. The molecule has 6 nitrogen and oxygen atoms in total. The molecule has 3 aromatic rings. The Hall–Kier alpha value is -3.29. The van der Waals surface area contributed by atoms with Crippen molar-refractivity contribution in [2.24, 2.45) is 0 Å². The fourth-order valence-electron chi connectivity index (χ4n) is 2.15. The van der Waals surface area contributed by atoms with Gasteiger partial charge in [-0.1, -0.05) is 18.2 Å². The van der Waals surface area contributed by atoms with Crippen molar-refractivity contribution in [1.82, 2.24) is 20.7 Å². The molecule has 1 aromatic heterocycles. The summed E-state index contributed by atoms with van der Waals surface area (Å²) in [5.41, 5.74) is 1.75. The lowest BCUT2D eigenvalue weighted by Crippen LogP contribution is -2.24. The summed E-state index contributed by atoms with van der Waals surface area (Å²) in [7, 11) is 0. The number of hydrogen-bond donors (Lipinski definition) is 3. The topological polar surface area (TPSA) is 82.7 Å². The molecule has 0 fully saturated rings. The standard InChI is InChI=1S/C17H15F2N5O/c1-10-2-7-13(8-14(10)19)21-16-15(22-24-23-16)17(25)20-9-11-3-5-12(18)6-4-11/h2-8H,9H2,1H3,(H,20,25)(H2,21,22,23,24). The maximum atomic E-state index is 13.6. The van der Waals surface area contributed by atoms with Gasteiger partial charge in [-0.25, -0.2) is 8.78 Å². The van der Waals surface area contributed by atoms with E-state index in [1.54, 1.807) is 31.2 Å². The van der Waals surface area contributed by atoms with Crippen LogP contribution in [0.15, 0.2) is 42.5 Å². The number of halogens is 2. The molecular weight excluding hydrogens is 328 g/mol. The van der Waals surface area contributed by atoms with Crippen LogP contribution in [-0.2, 0) is 6.54 Å². The van der Waals surface area contributed by atoms with Crippen LogP contribution >= 0.6 is 0 Å². The average Bonchev–Trinajstić information content (AvgIpc) is 3.05. The maximum Gasteiger partial charge on any atom is 0.275 e. The Kier molecular flexibility index (Phi) is 4.69. The lowest BCUT2D eigenvalue weighted by Gasteiger charge is -2.07. The van der Waals surface area contributed by atoms with Crippen molar-refractivity contribution in [2.75, 3.05) is 5.32 Å². The van der Waals surface area contributed by atoms with Crippen molar-refractivity contribution < 1.29 is 13.6 Å². The third-order valence-electron chi connectivity index (χ3n) is 3.56. The number of amides is 1. The SMILES string of the molecule is Cc1ccc(Nc2n[nH]nc2C(=O)NCc2ccc(F)cc2)cc1F. The highest BCUT2D eigenvalue weighted by Gasteiger charge is 2.16. The Bertz CT molecular complexity index is 892. The van der Waals surface area contributed by atoms with E-state index < -0.39 is 5.91 Å². The number of anilines is 2. The summed E-state index contributed by atoms with van der Waals surface area (Å²) in [6.45, 7) is 1.87. The van der Waals surface area contributed by atoms with Crippen LogP contribution in [0.3, 0.4) is 0 Å². The molecule has 0 aliphatic rings. The molecular formula is C17H15F2N5O. The normalized spacial score (nSPS) is 10.5. The van der Waals surface area contributed by atoms with Crippen LogP contribution in [0.5, 0.6) is 0 Å². The molecule has 0 saturated heterocycles. The lowest BCUT2D eigenvalue weighted by atomic mass is 10.2. The van der Waals surface area contributed by atoms with E-state index in [0.29, 0.717) is 11.3 Å². The molecule has 0 spiro atoms. The van der Waals surface area contributed by atoms with Gasteiger partial charge in [-0.05, 0) is 42.3 Å². The van der Waals surface area contributed by atoms with Crippen LogP contribution in [0, 0.1) is 18.6 Å². The van der Waals surface area contributed by atoms with Gasteiger partial charge in [-0.15, -0.1) is 10.2 Å². The van der Waals surface area contributed by atoms with Crippen LogP contribution < -0.4 is 10.6 Å². The zero-order valence-electron chi connectivity index (χ0n) is 13.3. The number of H-pyrrole nitrogens is 1. The zero-order chi connectivity index (χ0) is 17.8. The first-order chi connectivity index (χ1) is 12.0. The largest absolute Gasteiger partial charge is 0.346 e. The number of aryl methyl sites for hydroxylation is 1. The summed E-state index contributed by atoms with van der Waals surface area (Å²) < 4.78 is 26.5. The van der Waals surface area contributed by atoms with Crippen molar-refractivity contribution in [3.8, 4) is 0 Å². The molecule has 8 heteroatoms. The number of carbonyl (C=O) groups is 1. The second-order valence-corrected chi connectivity index (χ2v) is 5.42. The molecule has 25 heavy (non-hydrogen) atoms. The summed E-state index contributed by atoms with van der Waals surface area (Å²) >= 11 is 0. The first-order valence-corrected chi connectivity index (χ1v) is 7.49. The van der Waals surface area contributed by atoms with Gasteiger partial charge in [0.05, 0.1) is 0 Å². The molecule has 0 unspecified atom stereocenters. The van der Waals surface area contributed by atoms with E-state index in [2.05, 4.69) is 26.0 Å². The summed E-state index contributed by atoms with van der Waals surface area (Å²) in [6, 6.07) is 10.4. The minimum absolute atomic E-state index is 0.0445. The smallest absolute Gasteiger partial charge is 0.275 e. The maximum absolute atomic E-state index is 13.6. The predicted molar refractivity (Wildman–Crippen MR) is 88.4 cm³/mol. The van der Waals surface area contributed by atoms with Crippen molar-refractivity contribution in [1.29, 1.82) is 0 Å². The molecule has 0 radical (unpaired) electrons. The number of hydrogen-bond acceptors (Lipinski definition) is 4. The molecule has 3 rings (SSSR count). The van der Waals surface area contributed by atoms with Crippen LogP contribution in [0.4, 0.5) is 20.3 Å². The van der Waals surface area contributed by atoms with Crippen molar-refractivity contribution in [3.63, 3.8) is 0 Å². The second kappa shape index (κ2) is 7.08. The van der Waals surface area contributed by atoms with Gasteiger partial charge < -0.3 is 10.6 Å². The number of aromatic nitrogens is 3. The molecule has 0 saturated carbocycles. The summed E-state index contributed by atoms with van der Waals surface area (Å²) in [5, 5.41) is 15.6. The minimum atomic E-state index is -0.465. The summed E-state index contributed by atoms with van der Waals surface area (Å²) in [6.07, 6.45) is 0. The van der Waals surface area contributed by atoms with Gasteiger partial charge in [-0.2, -0.15) is 5.21 Å². The van der Waals surface area contributed by atoms with E-state index in [9.17, 15) is 13.6 Å². The van der Waals surface area contributed by atoms with Crippen molar-refractivity contribution >= 4 is 17.4 Å². The van der Waals surface area contributed by atoms with Crippen LogP contribution in [0.2, 0.25) is 0 Å². The fraction of sp³-hybridized carbons (Fsp3) is 0.118. The first kappa shape index (κ1) is 16.6. The van der Waals surface area contributed by atoms with Crippen molar-refractivity contribution in [2.45, 2.75) is 13.5 Å². The number of nitrogens with zero attached hydrogens (tertiary/aromatic N) is 2. The highest BCUT2D eigenvalue weighted by Crippen LogP contribution is 2.19. The van der Waals surface area contributed by atoms with E-state index >= 15 is 0 Å². The van der Waals surface area contributed by atoms with E-state index in [1.807, 2.05) is 0 Å². The Morgan fingerprint density at radius 2 is 1.88 bits per heavy atom. The summed E-state index contributed by atoms with van der Waals surface area (Å²) in [5.74, 6) is -0.993. The number of benzene rings is 2. The van der Waals surface area contributed by atoms with Gasteiger partial charge in [0.1, 0.15) is 11.6 Å². The van der Waals surface area contributed by atoms with E-state index in [-0.39, 0.29) is 29.7 Å². The third-order valence-corrected chi connectivity index (χ3v) is 3.56. The molecule has 0 aliphatic heterocycles. The highest BCUT2D eigenvalue weighted by molar-refractivity contribution is 5.97. The quantitative estimate of drug-likeness (QED) is 0.665. The molecule has 0 aliphatic carbocycles. The molecule has 1 amide bonds. The average molecular weight is 343 g/mol. The molecule has 0 atom stereocenters. The number of carbonyl (C=O) groups excluding carboxylic acids is 1. The predicted octanol–water partition coefficient (Wildman–Crippen LogP) is 3.06. The molecule has 2 aromatic carbocycles. The first-order valence-electron chi connectivity index (χ1n) is 7.49. The van der Waals surface area contributed by atoms with Gasteiger partial charge in [0.2, 0.25) is 0 Å². The zero-order valence-corrected chi connectivity index (χ0v) is 13.3. The Labute approximate surface area is 142 Å². The van der Waals surface area contributed by atoms with E-state index in [0.717, 1.165) is 5.56 Å². The van der Waals surface area contributed by atoms with Gasteiger partial charge in [-0.3, -0.25) is 4.79 Å². The van der Waals surface area contributed by atoms with Gasteiger partial charge in [0, 0.05) is 12.2 Å². The Morgan fingerprint density at radius 1 is 1.12 bits per heavy atom. The van der Waals surface area contributed by atoms with Crippen molar-refractivity contribution in [3.05, 3.63) is 70.9 Å². The fourth-order valence-corrected chi connectivity index (χ4v) is 2.15. The second-order valence-electron chi connectivity index (χ2n) is 5.42. The van der Waals surface area contributed by atoms with Crippen LogP contribution in [-0.4, -0.2) is 21.3 Å². The van der Waals surface area contributed by atoms with Crippen LogP contribution in [0.25, 0.3) is 0 Å². The molecule has 3 N–H and O–H groups in total. The lowest BCUT2D eigenvalue weighted by molar-refractivity contribution is 0.0946. The molecule has 0 bridgehead atoms. The third kappa shape index (κ3) is 3.97. The van der Waals surface area contributed by atoms with Gasteiger partial charge in [0.15, 0.2) is 11.5 Å². The van der Waals surface area contributed by atoms with E-state index in [4.69, 9.17) is 0 Å². The van der Waals surface area contributed by atoms with Gasteiger partial charge in [0.25, 0.3) is 5.91 Å². The monoisotopic (exact) mass is 343 g/mol. The van der Waals surface area contributed by atoms with Gasteiger partial charge >= 0.3 is 0 Å². The van der Waals surface area contributed by atoms with E-state index in [1.165, 1.54) is 18.2 Å². The Morgan fingerprint density at radius 3 is 2.60 bits per heavy atom. The number of rotatable bonds is 5. The molecule has 1 heterocycles. The molecule has 128 valence electrons. The number of nitrogens with one attached hydrogen (secondary N) is 3. The summed E-state index contributed by atoms with van der Waals surface area (Å²) in [4.78, 5) is 12.3. The van der Waals surface area contributed by atoms with Crippen LogP contribution in [0.1, 0.15) is 21.6 Å². The number of aromatic amines is 1.